The Kier molecular flexibility index (Phi) is 4.22. The lowest BCUT2D eigenvalue weighted by Crippen LogP contribution is -1.82. The Morgan fingerprint density at radius 3 is 2.64 bits per heavy atom. The zero-order chi connectivity index (χ0) is 15.5. The minimum atomic E-state index is -0.311. The third-order valence-electron chi connectivity index (χ3n) is 2.88. The van der Waals surface area contributed by atoms with Gasteiger partial charge in [-0.25, -0.2) is 4.39 Å². The molecule has 0 spiro atoms. The molecule has 0 aliphatic rings. The van der Waals surface area contributed by atoms with Crippen molar-refractivity contribution in [3.05, 3.63) is 70.8 Å². The smallest absolute Gasteiger partial charge is 0.269 e. The van der Waals surface area contributed by atoms with Crippen LogP contribution in [0, 0.1) is 5.82 Å². The minimum Gasteiger partial charge on any atom is -0.333 e. The number of rotatable bonds is 3. The van der Waals surface area contributed by atoms with Crippen LogP contribution in [0.2, 0.25) is 5.02 Å². The van der Waals surface area contributed by atoms with Crippen molar-refractivity contribution in [2.75, 3.05) is 0 Å². The quantitative estimate of drug-likeness (QED) is 0.655. The molecule has 0 saturated carbocycles. The van der Waals surface area contributed by atoms with Crippen LogP contribution in [0.4, 0.5) is 4.39 Å². The summed E-state index contributed by atoms with van der Waals surface area (Å²) in [6.07, 6.45) is 1.62. The lowest BCUT2D eigenvalue weighted by Gasteiger charge is -1.95. The summed E-state index contributed by atoms with van der Waals surface area (Å²) >= 11 is 12.1. The van der Waals surface area contributed by atoms with Crippen LogP contribution in [0.15, 0.2) is 53.1 Å². The summed E-state index contributed by atoms with van der Waals surface area (Å²) in [5.41, 5.74) is 1.46. The van der Waals surface area contributed by atoms with E-state index in [1.807, 2.05) is 6.07 Å². The number of hydrogen-bond acceptors (Lipinski definition) is 3. The number of aromatic nitrogens is 2. The fourth-order valence-corrected chi connectivity index (χ4v) is 2.23. The van der Waals surface area contributed by atoms with Crippen LogP contribution in [0.1, 0.15) is 11.5 Å². The van der Waals surface area contributed by atoms with Gasteiger partial charge in [0.25, 0.3) is 5.89 Å². The summed E-state index contributed by atoms with van der Waals surface area (Å²) in [6, 6.07) is 13.0. The van der Waals surface area contributed by atoms with Gasteiger partial charge in [-0.05, 0) is 35.9 Å². The molecule has 0 aliphatic heterocycles. The van der Waals surface area contributed by atoms with Crippen molar-refractivity contribution in [2.45, 2.75) is 0 Å². The zero-order valence-corrected chi connectivity index (χ0v) is 12.6. The molecule has 110 valence electrons. The van der Waals surface area contributed by atoms with Crippen LogP contribution in [0.5, 0.6) is 0 Å². The van der Waals surface area contributed by atoms with Gasteiger partial charge < -0.3 is 4.52 Å². The van der Waals surface area contributed by atoms with Crippen LogP contribution in [-0.4, -0.2) is 10.1 Å². The van der Waals surface area contributed by atoms with Gasteiger partial charge in [-0.1, -0.05) is 52.6 Å². The SMILES string of the molecule is Fc1ccc(/C=C(\Cl)c2nc(-c3cccc(Cl)c3)no2)cc1. The molecule has 0 amide bonds. The molecule has 0 aliphatic carbocycles. The molecule has 0 unspecified atom stereocenters. The standard InChI is InChI=1S/C16H9Cl2FN2O/c17-12-3-1-2-11(9-12)15-20-16(22-21-15)14(18)8-10-4-6-13(19)7-5-10/h1-9H/b14-8-. The third-order valence-corrected chi connectivity index (χ3v) is 3.38. The number of nitrogens with zero attached hydrogens (tertiary/aromatic N) is 2. The Labute approximate surface area is 136 Å². The van der Waals surface area contributed by atoms with Crippen molar-refractivity contribution < 1.29 is 8.91 Å². The summed E-state index contributed by atoms with van der Waals surface area (Å²) in [5.74, 6) is 0.262. The van der Waals surface area contributed by atoms with E-state index in [9.17, 15) is 4.39 Å². The zero-order valence-electron chi connectivity index (χ0n) is 11.1. The maximum absolute atomic E-state index is 12.9. The maximum Gasteiger partial charge on any atom is 0.269 e. The lowest BCUT2D eigenvalue weighted by molar-refractivity contribution is 0.410. The second-order valence-electron chi connectivity index (χ2n) is 4.48. The number of hydrogen-bond donors (Lipinski definition) is 0. The normalized spacial score (nSPS) is 11.7. The maximum atomic E-state index is 12.9. The van der Waals surface area contributed by atoms with Crippen LogP contribution in [-0.2, 0) is 0 Å². The first-order chi connectivity index (χ1) is 10.6. The highest BCUT2D eigenvalue weighted by atomic mass is 35.5. The number of halogens is 3. The van der Waals surface area contributed by atoms with Crippen molar-refractivity contribution in [1.29, 1.82) is 0 Å². The highest BCUT2D eigenvalue weighted by Crippen LogP contribution is 2.25. The summed E-state index contributed by atoms with van der Waals surface area (Å²) in [6.45, 7) is 0. The monoisotopic (exact) mass is 334 g/mol. The molecule has 0 N–H and O–H groups in total. The summed E-state index contributed by atoms with van der Waals surface area (Å²) < 4.78 is 18.0. The first kappa shape index (κ1) is 14.8. The van der Waals surface area contributed by atoms with Crippen molar-refractivity contribution in [3.8, 4) is 11.4 Å². The Morgan fingerprint density at radius 2 is 1.91 bits per heavy atom. The fraction of sp³-hybridized carbons (Fsp3) is 0. The van der Waals surface area contributed by atoms with Crippen LogP contribution < -0.4 is 0 Å². The highest BCUT2D eigenvalue weighted by molar-refractivity contribution is 6.50. The van der Waals surface area contributed by atoms with Gasteiger partial charge in [0, 0.05) is 10.6 Å². The van der Waals surface area contributed by atoms with Crippen molar-refractivity contribution >= 4 is 34.3 Å². The van der Waals surface area contributed by atoms with Gasteiger partial charge >= 0.3 is 0 Å². The number of benzene rings is 2. The van der Waals surface area contributed by atoms with E-state index in [0.717, 1.165) is 11.1 Å². The van der Waals surface area contributed by atoms with E-state index in [2.05, 4.69) is 10.1 Å². The summed E-state index contributed by atoms with van der Waals surface area (Å²) in [7, 11) is 0. The lowest BCUT2D eigenvalue weighted by atomic mass is 10.2. The van der Waals surface area contributed by atoms with Gasteiger partial charge in [0.1, 0.15) is 10.8 Å². The molecular weight excluding hydrogens is 326 g/mol. The molecule has 22 heavy (non-hydrogen) atoms. The van der Waals surface area contributed by atoms with Gasteiger partial charge in [-0.2, -0.15) is 4.98 Å². The predicted molar refractivity (Wildman–Crippen MR) is 84.9 cm³/mol. The average molecular weight is 335 g/mol. The van der Waals surface area contributed by atoms with E-state index in [4.69, 9.17) is 27.7 Å². The largest absolute Gasteiger partial charge is 0.333 e. The first-order valence-corrected chi connectivity index (χ1v) is 7.10. The minimum absolute atomic E-state index is 0.181. The highest BCUT2D eigenvalue weighted by Gasteiger charge is 2.11. The average Bonchev–Trinajstić information content (AvgIpc) is 3.00. The second kappa shape index (κ2) is 6.30. The van der Waals surface area contributed by atoms with Crippen LogP contribution in [0.25, 0.3) is 22.5 Å². The van der Waals surface area contributed by atoms with Crippen molar-refractivity contribution in [2.24, 2.45) is 0 Å². The molecule has 6 heteroatoms. The molecule has 3 rings (SSSR count). The third kappa shape index (κ3) is 3.35. The summed E-state index contributed by atoms with van der Waals surface area (Å²) in [4.78, 5) is 4.22. The van der Waals surface area contributed by atoms with Gasteiger partial charge in [0.15, 0.2) is 0 Å². The van der Waals surface area contributed by atoms with Crippen molar-refractivity contribution in [3.63, 3.8) is 0 Å². The molecule has 0 atom stereocenters. The molecular formula is C16H9Cl2FN2O. The van der Waals surface area contributed by atoms with E-state index < -0.39 is 0 Å². The van der Waals surface area contributed by atoms with Crippen LogP contribution >= 0.6 is 23.2 Å². The molecule has 0 bridgehead atoms. The van der Waals surface area contributed by atoms with Crippen LogP contribution in [0.3, 0.4) is 0 Å². The van der Waals surface area contributed by atoms with Gasteiger partial charge in [-0.3, -0.25) is 0 Å². The van der Waals surface area contributed by atoms with E-state index in [1.54, 1.807) is 36.4 Å². The molecule has 1 aromatic heterocycles. The van der Waals surface area contributed by atoms with Gasteiger partial charge in [0.2, 0.25) is 5.82 Å². The molecule has 0 saturated heterocycles. The predicted octanol–water partition coefficient (Wildman–Crippen LogP) is 5.27. The molecule has 2 aromatic carbocycles. The van der Waals surface area contributed by atoms with E-state index in [0.29, 0.717) is 10.8 Å². The van der Waals surface area contributed by atoms with Gasteiger partial charge in [0.05, 0.1) is 0 Å². The molecule has 0 fully saturated rings. The Hall–Kier alpha value is -2.17. The Bertz CT molecular complexity index is 828. The molecule has 3 aromatic rings. The molecule has 0 radical (unpaired) electrons. The molecule has 3 nitrogen and oxygen atoms in total. The summed E-state index contributed by atoms with van der Waals surface area (Å²) in [5, 5.41) is 4.73. The van der Waals surface area contributed by atoms with Crippen molar-refractivity contribution in [1.82, 2.24) is 10.1 Å². The van der Waals surface area contributed by atoms with E-state index >= 15 is 0 Å². The topological polar surface area (TPSA) is 38.9 Å². The van der Waals surface area contributed by atoms with Gasteiger partial charge in [-0.15, -0.1) is 0 Å². The Morgan fingerprint density at radius 1 is 1.14 bits per heavy atom. The first-order valence-electron chi connectivity index (χ1n) is 6.34. The fourth-order valence-electron chi connectivity index (χ4n) is 1.83. The van der Waals surface area contributed by atoms with E-state index in [1.165, 1.54) is 12.1 Å². The molecule has 1 heterocycles. The van der Waals surface area contributed by atoms with E-state index in [-0.39, 0.29) is 16.7 Å². The second-order valence-corrected chi connectivity index (χ2v) is 5.32. The Balaban J connectivity index is 1.88.